The van der Waals surface area contributed by atoms with E-state index in [1.807, 2.05) is 0 Å². The summed E-state index contributed by atoms with van der Waals surface area (Å²) in [6.07, 6.45) is 0. The Kier molecular flexibility index (Phi) is 2.21. The molecule has 76 valence electrons. The minimum absolute atomic E-state index is 0.273. The summed E-state index contributed by atoms with van der Waals surface area (Å²) in [6.45, 7) is 0. The van der Waals surface area contributed by atoms with E-state index < -0.39 is 11.5 Å². The zero-order chi connectivity index (χ0) is 11.0. The van der Waals surface area contributed by atoms with Crippen molar-refractivity contribution < 1.29 is 9.90 Å². The number of rotatable bonds is 1. The van der Waals surface area contributed by atoms with Crippen LogP contribution in [0.5, 0.6) is 0 Å². The lowest BCUT2D eigenvalue weighted by molar-refractivity contribution is 0.0695. The molecule has 0 atom stereocenters. The Hall–Kier alpha value is -1.81. The Balaban J connectivity index is 2.82. The molecule has 0 aliphatic carbocycles. The van der Waals surface area contributed by atoms with Crippen LogP contribution >= 0.6 is 11.6 Å². The number of hydrogen-bond donors (Lipinski definition) is 2. The van der Waals surface area contributed by atoms with E-state index in [1.54, 1.807) is 18.2 Å². The van der Waals surface area contributed by atoms with Crippen molar-refractivity contribution >= 4 is 28.5 Å². The van der Waals surface area contributed by atoms with Gasteiger partial charge in [-0.2, -0.15) is 0 Å². The van der Waals surface area contributed by atoms with E-state index in [1.165, 1.54) is 6.07 Å². The Morgan fingerprint density at radius 3 is 2.73 bits per heavy atom. The highest BCUT2D eigenvalue weighted by Gasteiger charge is 2.09. The fourth-order valence-electron chi connectivity index (χ4n) is 1.33. The Morgan fingerprint density at radius 1 is 1.33 bits per heavy atom. The van der Waals surface area contributed by atoms with Crippen molar-refractivity contribution in [2.24, 2.45) is 0 Å². The van der Waals surface area contributed by atoms with Crippen LogP contribution in [0.1, 0.15) is 10.4 Å². The van der Waals surface area contributed by atoms with E-state index in [0.29, 0.717) is 15.9 Å². The molecular weight excluding hydrogens is 218 g/mol. The molecule has 0 aliphatic heterocycles. The largest absolute Gasteiger partial charge is 0.477 e. The highest BCUT2D eigenvalue weighted by atomic mass is 35.5. The summed E-state index contributed by atoms with van der Waals surface area (Å²) in [6, 6.07) is 6.19. The minimum Gasteiger partial charge on any atom is -0.477 e. The number of carbonyl (C=O) groups is 1. The van der Waals surface area contributed by atoms with Crippen molar-refractivity contribution in [3.63, 3.8) is 0 Å². The number of H-pyrrole nitrogens is 1. The molecule has 0 amide bonds. The predicted octanol–water partition coefficient (Wildman–Crippen LogP) is 1.88. The third-order valence-corrected chi connectivity index (χ3v) is 2.27. The molecule has 0 saturated heterocycles. The van der Waals surface area contributed by atoms with Crippen LogP contribution in [-0.4, -0.2) is 16.1 Å². The number of carboxylic acids is 1. The molecular formula is C10H6ClNO3. The maximum atomic E-state index is 11.3. The summed E-state index contributed by atoms with van der Waals surface area (Å²) in [5.41, 5.74) is -0.375. The average molecular weight is 224 g/mol. The second-order valence-electron chi connectivity index (χ2n) is 3.05. The van der Waals surface area contributed by atoms with Crippen molar-refractivity contribution in [2.75, 3.05) is 0 Å². The topological polar surface area (TPSA) is 70.2 Å². The average Bonchev–Trinajstić information content (AvgIpc) is 2.15. The molecule has 1 aromatic carbocycles. The van der Waals surface area contributed by atoms with Gasteiger partial charge in [-0.15, -0.1) is 0 Å². The lowest BCUT2D eigenvalue weighted by Crippen LogP contribution is -2.16. The van der Waals surface area contributed by atoms with Gasteiger partial charge in [-0.3, -0.25) is 4.79 Å². The monoisotopic (exact) mass is 223 g/mol. The summed E-state index contributed by atoms with van der Waals surface area (Å²) in [5.74, 6) is -1.24. The SMILES string of the molecule is O=C(O)c1cc2ccc(Cl)cc2[nH]c1=O. The van der Waals surface area contributed by atoms with Gasteiger partial charge >= 0.3 is 5.97 Å². The number of carboxylic acid groups (broad SMARTS) is 1. The highest BCUT2D eigenvalue weighted by molar-refractivity contribution is 6.31. The van der Waals surface area contributed by atoms with E-state index in [0.717, 1.165) is 0 Å². The Bertz CT molecular complexity index is 603. The molecule has 0 aliphatic rings. The Labute approximate surface area is 89.1 Å². The van der Waals surface area contributed by atoms with Crippen LogP contribution in [0, 0.1) is 0 Å². The van der Waals surface area contributed by atoms with Gasteiger partial charge in [0.25, 0.3) is 5.56 Å². The standard InChI is InChI=1S/C10H6ClNO3/c11-6-2-1-5-3-7(10(14)15)9(13)12-8(5)4-6/h1-4H,(H,12,13)(H,14,15). The third kappa shape index (κ3) is 1.71. The zero-order valence-corrected chi connectivity index (χ0v) is 8.21. The minimum atomic E-state index is -1.24. The summed E-state index contributed by atoms with van der Waals surface area (Å²) < 4.78 is 0. The van der Waals surface area contributed by atoms with E-state index >= 15 is 0 Å². The van der Waals surface area contributed by atoms with Crippen molar-refractivity contribution in [3.05, 3.63) is 45.2 Å². The van der Waals surface area contributed by atoms with Crippen LogP contribution in [0.4, 0.5) is 0 Å². The van der Waals surface area contributed by atoms with Gasteiger partial charge in [0.05, 0.1) is 0 Å². The molecule has 0 saturated carbocycles. The summed E-state index contributed by atoms with van der Waals surface area (Å²) in [5, 5.41) is 9.86. The van der Waals surface area contributed by atoms with Crippen LogP contribution < -0.4 is 5.56 Å². The van der Waals surface area contributed by atoms with Gasteiger partial charge < -0.3 is 10.1 Å². The number of aromatic amines is 1. The van der Waals surface area contributed by atoms with Crippen LogP contribution in [-0.2, 0) is 0 Å². The summed E-state index contributed by atoms with van der Waals surface area (Å²) in [4.78, 5) is 24.5. The lowest BCUT2D eigenvalue weighted by atomic mass is 10.1. The van der Waals surface area contributed by atoms with Crippen molar-refractivity contribution in [1.29, 1.82) is 0 Å². The number of pyridine rings is 1. The first-order valence-corrected chi connectivity index (χ1v) is 4.51. The smallest absolute Gasteiger partial charge is 0.341 e. The van der Waals surface area contributed by atoms with Gasteiger partial charge in [0.2, 0.25) is 0 Å². The van der Waals surface area contributed by atoms with Crippen LogP contribution in [0.2, 0.25) is 5.02 Å². The number of benzene rings is 1. The fraction of sp³-hybridized carbons (Fsp3) is 0. The van der Waals surface area contributed by atoms with E-state index in [4.69, 9.17) is 16.7 Å². The van der Waals surface area contributed by atoms with Gasteiger partial charge in [-0.25, -0.2) is 4.79 Å². The van der Waals surface area contributed by atoms with Crippen molar-refractivity contribution in [3.8, 4) is 0 Å². The number of aromatic carboxylic acids is 1. The fourth-order valence-corrected chi connectivity index (χ4v) is 1.50. The molecule has 2 N–H and O–H groups in total. The van der Waals surface area contributed by atoms with E-state index in [-0.39, 0.29) is 5.56 Å². The predicted molar refractivity (Wildman–Crippen MR) is 56.5 cm³/mol. The molecule has 2 rings (SSSR count). The molecule has 0 fully saturated rings. The third-order valence-electron chi connectivity index (χ3n) is 2.04. The molecule has 15 heavy (non-hydrogen) atoms. The molecule has 0 spiro atoms. The maximum absolute atomic E-state index is 11.3. The first-order chi connectivity index (χ1) is 7.08. The highest BCUT2D eigenvalue weighted by Crippen LogP contribution is 2.16. The van der Waals surface area contributed by atoms with E-state index in [2.05, 4.69) is 4.98 Å². The van der Waals surface area contributed by atoms with Gasteiger partial charge in [0, 0.05) is 10.5 Å². The second kappa shape index (κ2) is 3.40. The number of nitrogens with one attached hydrogen (secondary N) is 1. The van der Waals surface area contributed by atoms with Crippen LogP contribution in [0.15, 0.2) is 29.1 Å². The molecule has 0 bridgehead atoms. The molecule has 2 aromatic rings. The number of halogens is 1. The lowest BCUT2D eigenvalue weighted by Gasteiger charge is -1.99. The summed E-state index contributed by atoms with van der Waals surface area (Å²) >= 11 is 5.73. The number of fused-ring (bicyclic) bond motifs is 1. The molecule has 1 heterocycles. The molecule has 4 nitrogen and oxygen atoms in total. The first kappa shape index (κ1) is 9.73. The Morgan fingerprint density at radius 2 is 2.07 bits per heavy atom. The number of aromatic nitrogens is 1. The van der Waals surface area contributed by atoms with Crippen molar-refractivity contribution in [1.82, 2.24) is 4.98 Å². The van der Waals surface area contributed by atoms with Gasteiger partial charge in [-0.05, 0) is 23.6 Å². The van der Waals surface area contributed by atoms with Gasteiger partial charge in [0.1, 0.15) is 5.56 Å². The van der Waals surface area contributed by atoms with Crippen LogP contribution in [0.25, 0.3) is 10.9 Å². The first-order valence-electron chi connectivity index (χ1n) is 4.14. The molecule has 0 radical (unpaired) electrons. The quantitative estimate of drug-likeness (QED) is 0.776. The molecule has 1 aromatic heterocycles. The normalized spacial score (nSPS) is 10.5. The zero-order valence-electron chi connectivity index (χ0n) is 7.45. The van der Waals surface area contributed by atoms with Gasteiger partial charge in [0.15, 0.2) is 0 Å². The summed E-state index contributed by atoms with van der Waals surface area (Å²) in [7, 11) is 0. The molecule has 5 heteroatoms. The van der Waals surface area contributed by atoms with Crippen molar-refractivity contribution in [2.45, 2.75) is 0 Å². The molecule has 0 unspecified atom stereocenters. The number of hydrogen-bond acceptors (Lipinski definition) is 2. The second-order valence-corrected chi connectivity index (χ2v) is 3.49. The van der Waals surface area contributed by atoms with Gasteiger partial charge in [-0.1, -0.05) is 17.7 Å². The van der Waals surface area contributed by atoms with Crippen LogP contribution in [0.3, 0.4) is 0 Å². The van der Waals surface area contributed by atoms with E-state index in [9.17, 15) is 9.59 Å². The maximum Gasteiger partial charge on any atom is 0.341 e.